The van der Waals surface area contributed by atoms with Gasteiger partial charge in [0, 0.05) is 18.8 Å². The topological polar surface area (TPSA) is 3.24 Å². The normalized spacial score (nSPS) is 26.9. The Kier molecular flexibility index (Phi) is 1.74. The maximum absolute atomic E-state index is 12.5. The third kappa shape index (κ3) is 1.44. The van der Waals surface area contributed by atoms with Crippen molar-refractivity contribution >= 4 is 0 Å². The van der Waals surface area contributed by atoms with Gasteiger partial charge >= 0.3 is 0 Å². The fourth-order valence-corrected chi connectivity index (χ4v) is 1.06. The van der Waals surface area contributed by atoms with Crippen LogP contribution < -0.4 is 0 Å². The molecular formula is C7H12FN. The number of rotatable bonds is 1. The Bertz CT molecular complexity index is 122. The largest absolute Gasteiger partial charge is 0.372 e. The highest BCUT2D eigenvalue weighted by molar-refractivity contribution is 4.93. The molecule has 9 heavy (non-hydrogen) atoms. The van der Waals surface area contributed by atoms with Crippen molar-refractivity contribution in [2.45, 2.75) is 19.5 Å². The molecule has 1 saturated heterocycles. The second kappa shape index (κ2) is 2.38. The minimum absolute atomic E-state index is 0.551. The van der Waals surface area contributed by atoms with Crippen LogP contribution in [-0.2, 0) is 0 Å². The zero-order chi connectivity index (χ0) is 6.85. The first-order valence-electron chi connectivity index (χ1n) is 3.24. The molecule has 0 N–H and O–H groups in total. The van der Waals surface area contributed by atoms with E-state index in [1.807, 2.05) is 11.8 Å². The minimum atomic E-state index is -0.623. The lowest BCUT2D eigenvalue weighted by molar-refractivity contribution is 0.325. The molecule has 0 amide bonds. The van der Waals surface area contributed by atoms with E-state index in [-0.39, 0.29) is 0 Å². The lowest BCUT2D eigenvalue weighted by Crippen LogP contribution is -2.17. The van der Waals surface area contributed by atoms with E-state index >= 15 is 0 Å². The summed E-state index contributed by atoms with van der Waals surface area (Å²) in [6, 6.07) is 0. The van der Waals surface area contributed by atoms with E-state index in [0.29, 0.717) is 13.0 Å². The first-order valence-corrected chi connectivity index (χ1v) is 3.24. The third-order valence-electron chi connectivity index (χ3n) is 1.67. The second-order valence-corrected chi connectivity index (χ2v) is 2.57. The molecule has 0 unspecified atom stereocenters. The molecule has 0 aliphatic carbocycles. The van der Waals surface area contributed by atoms with E-state index in [9.17, 15) is 4.39 Å². The second-order valence-electron chi connectivity index (χ2n) is 2.57. The van der Waals surface area contributed by atoms with E-state index in [4.69, 9.17) is 0 Å². The molecular weight excluding hydrogens is 117 g/mol. The van der Waals surface area contributed by atoms with Gasteiger partial charge in [0.25, 0.3) is 0 Å². The van der Waals surface area contributed by atoms with E-state index in [2.05, 4.69) is 6.58 Å². The smallest absolute Gasteiger partial charge is 0.119 e. The van der Waals surface area contributed by atoms with Crippen LogP contribution in [0.2, 0.25) is 0 Å². The quantitative estimate of drug-likeness (QED) is 0.519. The Morgan fingerprint density at radius 3 is 2.67 bits per heavy atom. The summed E-state index contributed by atoms with van der Waals surface area (Å²) in [5.74, 6) is 0. The molecule has 52 valence electrons. The van der Waals surface area contributed by atoms with Gasteiger partial charge in [-0.25, -0.2) is 4.39 Å². The van der Waals surface area contributed by atoms with Crippen LogP contribution in [0.5, 0.6) is 0 Å². The van der Waals surface area contributed by atoms with Crippen molar-refractivity contribution in [3.63, 3.8) is 0 Å². The standard InChI is InChI=1S/C7H12FN/c1-6(2)9-4-3-7(8)5-9/h7H,1,3-5H2,2H3/t7-/m1/s1. The molecule has 0 aromatic heterocycles. The van der Waals surface area contributed by atoms with E-state index in [1.165, 1.54) is 0 Å². The summed E-state index contributed by atoms with van der Waals surface area (Å²) < 4.78 is 12.5. The van der Waals surface area contributed by atoms with Gasteiger partial charge in [-0.1, -0.05) is 6.58 Å². The third-order valence-corrected chi connectivity index (χ3v) is 1.67. The highest BCUT2D eigenvalue weighted by Crippen LogP contribution is 2.15. The average Bonchev–Trinajstić information content (AvgIpc) is 2.14. The van der Waals surface area contributed by atoms with Crippen molar-refractivity contribution < 1.29 is 4.39 Å². The summed E-state index contributed by atoms with van der Waals surface area (Å²) in [7, 11) is 0. The van der Waals surface area contributed by atoms with Gasteiger partial charge in [-0.3, -0.25) is 0 Å². The van der Waals surface area contributed by atoms with Gasteiger partial charge in [-0.05, 0) is 13.3 Å². The van der Waals surface area contributed by atoms with Crippen LogP contribution in [0.4, 0.5) is 4.39 Å². The van der Waals surface area contributed by atoms with E-state index in [1.54, 1.807) is 0 Å². The van der Waals surface area contributed by atoms with Crippen LogP contribution in [0.25, 0.3) is 0 Å². The first-order chi connectivity index (χ1) is 4.20. The van der Waals surface area contributed by atoms with Crippen molar-refractivity contribution in [2.75, 3.05) is 13.1 Å². The molecule has 1 heterocycles. The molecule has 1 atom stereocenters. The Hall–Kier alpha value is -0.530. The average molecular weight is 129 g/mol. The Morgan fingerprint density at radius 2 is 2.44 bits per heavy atom. The van der Waals surface area contributed by atoms with E-state index < -0.39 is 6.17 Å². The fourth-order valence-electron chi connectivity index (χ4n) is 1.06. The van der Waals surface area contributed by atoms with Gasteiger partial charge in [0.2, 0.25) is 0 Å². The molecule has 2 heteroatoms. The molecule has 1 aliphatic rings. The highest BCUT2D eigenvalue weighted by Gasteiger charge is 2.20. The highest BCUT2D eigenvalue weighted by atomic mass is 19.1. The van der Waals surface area contributed by atoms with Crippen LogP contribution in [0.1, 0.15) is 13.3 Å². The van der Waals surface area contributed by atoms with Crippen LogP contribution in [0.15, 0.2) is 12.3 Å². The molecule has 0 bridgehead atoms. The number of likely N-dealkylation sites (tertiary alicyclic amines) is 1. The van der Waals surface area contributed by atoms with E-state index in [0.717, 1.165) is 12.2 Å². The number of nitrogens with zero attached hydrogens (tertiary/aromatic N) is 1. The summed E-state index contributed by atoms with van der Waals surface area (Å²) in [6.45, 7) is 7.04. The lowest BCUT2D eigenvalue weighted by Gasteiger charge is -2.15. The predicted octanol–water partition coefficient (Wildman–Crippen LogP) is 1.56. The monoisotopic (exact) mass is 129 g/mol. The summed E-state index contributed by atoms with van der Waals surface area (Å²) >= 11 is 0. The van der Waals surface area contributed by atoms with Crippen molar-refractivity contribution in [2.24, 2.45) is 0 Å². The fraction of sp³-hybridized carbons (Fsp3) is 0.714. The van der Waals surface area contributed by atoms with Crippen LogP contribution in [-0.4, -0.2) is 24.2 Å². The van der Waals surface area contributed by atoms with Crippen molar-refractivity contribution in [3.8, 4) is 0 Å². The Morgan fingerprint density at radius 1 is 1.78 bits per heavy atom. The molecule has 1 rings (SSSR count). The Balaban J connectivity index is 2.39. The van der Waals surface area contributed by atoms with Gasteiger partial charge in [0.1, 0.15) is 6.17 Å². The molecule has 0 radical (unpaired) electrons. The molecule has 1 fully saturated rings. The van der Waals surface area contributed by atoms with Crippen molar-refractivity contribution in [1.82, 2.24) is 4.90 Å². The summed E-state index contributed by atoms with van der Waals surface area (Å²) in [4.78, 5) is 1.98. The number of hydrogen-bond acceptors (Lipinski definition) is 1. The minimum Gasteiger partial charge on any atom is -0.372 e. The van der Waals surface area contributed by atoms with Crippen molar-refractivity contribution in [3.05, 3.63) is 12.3 Å². The zero-order valence-corrected chi connectivity index (χ0v) is 5.73. The van der Waals surface area contributed by atoms with Crippen LogP contribution in [0.3, 0.4) is 0 Å². The molecule has 0 saturated carbocycles. The molecule has 1 aliphatic heterocycles. The molecule has 1 nitrogen and oxygen atoms in total. The molecule has 0 spiro atoms. The van der Waals surface area contributed by atoms with Gasteiger partial charge < -0.3 is 4.90 Å². The van der Waals surface area contributed by atoms with Gasteiger partial charge in [0.15, 0.2) is 0 Å². The number of allylic oxidation sites excluding steroid dienone is 1. The number of halogens is 1. The predicted molar refractivity (Wildman–Crippen MR) is 35.9 cm³/mol. The Labute approximate surface area is 55.2 Å². The molecule has 0 aromatic rings. The summed E-state index contributed by atoms with van der Waals surface area (Å²) in [6.07, 6.45) is 0.0500. The molecule has 0 aromatic carbocycles. The van der Waals surface area contributed by atoms with Crippen molar-refractivity contribution in [1.29, 1.82) is 0 Å². The van der Waals surface area contributed by atoms with Crippen LogP contribution in [0, 0.1) is 0 Å². The number of alkyl halides is 1. The SMILES string of the molecule is C=C(C)N1CC[C@@H](F)C1. The number of hydrogen-bond donors (Lipinski definition) is 0. The van der Waals surface area contributed by atoms with Gasteiger partial charge in [-0.15, -0.1) is 0 Å². The van der Waals surface area contributed by atoms with Gasteiger partial charge in [-0.2, -0.15) is 0 Å². The summed E-state index contributed by atoms with van der Waals surface area (Å²) in [5, 5.41) is 0. The maximum Gasteiger partial charge on any atom is 0.119 e. The maximum atomic E-state index is 12.5. The lowest BCUT2D eigenvalue weighted by atomic mass is 10.3. The zero-order valence-electron chi connectivity index (χ0n) is 5.73. The van der Waals surface area contributed by atoms with Crippen LogP contribution >= 0.6 is 0 Å². The first kappa shape index (κ1) is 6.59. The summed E-state index contributed by atoms with van der Waals surface area (Å²) in [5.41, 5.74) is 0.982. The van der Waals surface area contributed by atoms with Gasteiger partial charge in [0.05, 0.1) is 0 Å².